The summed E-state index contributed by atoms with van der Waals surface area (Å²) in [4.78, 5) is 14.7. The van der Waals surface area contributed by atoms with Crippen molar-refractivity contribution < 1.29 is 9.90 Å². The summed E-state index contributed by atoms with van der Waals surface area (Å²) in [6.07, 6.45) is 1.94. The van der Waals surface area contributed by atoms with E-state index in [0.717, 1.165) is 24.5 Å². The summed E-state index contributed by atoms with van der Waals surface area (Å²) in [6, 6.07) is 11.4. The fourth-order valence-corrected chi connectivity index (χ4v) is 3.70. The zero-order valence-electron chi connectivity index (χ0n) is 15.1. The van der Waals surface area contributed by atoms with Crippen molar-refractivity contribution in [3.63, 3.8) is 0 Å². The van der Waals surface area contributed by atoms with Crippen molar-refractivity contribution in [1.29, 1.82) is 0 Å². The zero-order valence-corrected chi connectivity index (χ0v) is 16.7. The Morgan fingerprint density at radius 1 is 1.30 bits per heavy atom. The third-order valence-electron chi connectivity index (χ3n) is 4.31. The first-order chi connectivity index (χ1) is 13.0. The Hall–Kier alpha value is -2.09. The van der Waals surface area contributed by atoms with Crippen LogP contribution in [0.15, 0.2) is 41.5 Å². The molecule has 1 atom stereocenters. The van der Waals surface area contributed by atoms with Gasteiger partial charge < -0.3 is 15.3 Å². The third kappa shape index (κ3) is 5.69. The lowest BCUT2D eigenvalue weighted by Gasteiger charge is -2.27. The first kappa shape index (κ1) is 19.7. The molecule has 0 spiro atoms. The molecular weight excluding hydrogens is 384 g/mol. The predicted molar refractivity (Wildman–Crippen MR) is 112 cm³/mol. The number of Topliss-reactive ketones (excluding diaryl/α,β-unsaturated/α-hetero) is 1. The molecule has 0 fully saturated rings. The number of benzene rings is 1. The minimum atomic E-state index is -0.591. The van der Waals surface area contributed by atoms with E-state index in [1.165, 1.54) is 11.3 Å². The Labute approximate surface area is 168 Å². The van der Waals surface area contributed by atoms with Crippen LogP contribution in [-0.4, -0.2) is 54.9 Å². The molecule has 0 saturated carbocycles. The molecule has 27 heavy (non-hydrogen) atoms. The quantitative estimate of drug-likeness (QED) is 0.656. The topological polar surface area (TPSA) is 68.2 Å². The van der Waals surface area contributed by atoms with Gasteiger partial charge in [0, 0.05) is 32.2 Å². The van der Waals surface area contributed by atoms with Gasteiger partial charge in [-0.15, -0.1) is 11.3 Å². The molecule has 1 aliphatic heterocycles. The van der Waals surface area contributed by atoms with Crippen LogP contribution in [0.25, 0.3) is 0 Å². The number of nitrogens with zero attached hydrogens (tertiary/aromatic N) is 3. The molecule has 0 aliphatic carbocycles. The second-order valence-corrected chi connectivity index (χ2v) is 8.20. The number of likely N-dealkylation sites (N-methyl/N-ethyl adjacent to an activating group) is 1. The smallest absolute Gasteiger partial charge is 0.172 e. The maximum Gasteiger partial charge on any atom is 0.172 e. The van der Waals surface area contributed by atoms with Crippen LogP contribution >= 0.6 is 22.9 Å². The summed E-state index contributed by atoms with van der Waals surface area (Å²) in [7, 11) is 2.00. The van der Waals surface area contributed by atoms with Gasteiger partial charge in [0.1, 0.15) is 6.34 Å². The number of aliphatic hydroxyl groups excluding tert-OH is 1. The average molecular weight is 407 g/mol. The van der Waals surface area contributed by atoms with E-state index in [-0.39, 0.29) is 5.78 Å². The lowest BCUT2D eigenvalue weighted by molar-refractivity contribution is 0.0950. The second-order valence-electron chi connectivity index (χ2n) is 6.48. The fourth-order valence-electron chi connectivity index (χ4n) is 2.69. The van der Waals surface area contributed by atoms with E-state index < -0.39 is 6.10 Å². The lowest BCUT2D eigenvalue weighted by Crippen LogP contribution is -2.35. The third-order valence-corrected chi connectivity index (χ3v) is 5.58. The number of ketones is 1. The fraction of sp³-hybridized carbons (Fsp3) is 0.368. The summed E-state index contributed by atoms with van der Waals surface area (Å²) in [6.45, 7) is 2.18. The maximum absolute atomic E-state index is 12.0. The average Bonchev–Trinajstić information content (AvgIpc) is 3.12. The summed E-state index contributed by atoms with van der Waals surface area (Å²) in [5.74, 6) is 0.0167. The largest absolute Gasteiger partial charge is 0.391 e. The normalized spacial score (nSPS) is 15.1. The highest BCUT2D eigenvalue weighted by atomic mass is 35.5. The number of anilines is 2. The number of aliphatic hydroxyl groups is 1. The zero-order chi connectivity index (χ0) is 19.2. The molecule has 8 heteroatoms. The number of hydrogen-bond donors (Lipinski definition) is 2. The Balaban J connectivity index is 1.42. The molecule has 3 rings (SSSR count). The number of thiophene rings is 1. The van der Waals surface area contributed by atoms with E-state index >= 15 is 0 Å². The molecule has 1 aliphatic rings. The highest BCUT2D eigenvalue weighted by Crippen LogP contribution is 2.23. The minimum absolute atomic E-state index is 0.0167. The Kier molecular flexibility index (Phi) is 6.71. The number of hydrogen-bond acceptors (Lipinski definition) is 7. The number of nitrogens with one attached hydrogen (secondary N) is 1. The number of carbonyl (C=O) groups excluding carboxylic acids is 1. The molecule has 2 aromatic rings. The number of halogens is 1. The molecule has 0 unspecified atom stereocenters. The summed E-state index contributed by atoms with van der Waals surface area (Å²) in [5.41, 5.74) is 1.96. The van der Waals surface area contributed by atoms with Gasteiger partial charge in [0.15, 0.2) is 5.78 Å². The molecular formula is C19H23ClN4O2S. The minimum Gasteiger partial charge on any atom is -0.391 e. The Bertz CT molecular complexity index is 793. The van der Waals surface area contributed by atoms with Gasteiger partial charge in [0.2, 0.25) is 0 Å². The van der Waals surface area contributed by atoms with Crippen LogP contribution in [-0.2, 0) is 0 Å². The van der Waals surface area contributed by atoms with Gasteiger partial charge in [-0.25, -0.2) is 0 Å². The van der Waals surface area contributed by atoms with Gasteiger partial charge in [-0.1, -0.05) is 11.6 Å². The Morgan fingerprint density at radius 2 is 2.07 bits per heavy atom. The molecule has 2 N–H and O–H groups in total. The van der Waals surface area contributed by atoms with Crippen LogP contribution in [0, 0.1) is 0 Å². The highest BCUT2D eigenvalue weighted by molar-refractivity contribution is 7.18. The van der Waals surface area contributed by atoms with Crippen LogP contribution < -0.4 is 10.3 Å². The summed E-state index contributed by atoms with van der Waals surface area (Å²) in [5, 5.41) is 19.7. The molecule has 144 valence electrons. The van der Waals surface area contributed by atoms with E-state index in [2.05, 4.69) is 10.4 Å². The molecule has 1 aromatic heterocycles. The molecule has 0 bridgehead atoms. The molecule has 0 amide bonds. The molecule has 1 aromatic carbocycles. The van der Waals surface area contributed by atoms with E-state index in [4.69, 9.17) is 11.6 Å². The van der Waals surface area contributed by atoms with Gasteiger partial charge in [-0.2, -0.15) is 5.10 Å². The first-order valence-corrected chi connectivity index (χ1v) is 10.0. The molecule has 0 saturated heterocycles. The van der Waals surface area contributed by atoms with Crippen LogP contribution in [0.4, 0.5) is 11.4 Å². The lowest BCUT2D eigenvalue weighted by atomic mass is 10.1. The second kappa shape index (κ2) is 9.21. The monoisotopic (exact) mass is 406 g/mol. The van der Waals surface area contributed by atoms with E-state index in [0.29, 0.717) is 28.6 Å². The Morgan fingerprint density at radius 3 is 2.70 bits per heavy atom. The highest BCUT2D eigenvalue weighted by Gasteiger charge is 2.13. The van der Waals surface area contributed by atoms with E-state index in [1.807, 2.05) is 47.6 Å². The van der Waals surface area contributed by atoms with Crippen molar-refractivity contribution >= 4 is 46.4 Å². The molecule has 0 radical (unpaired) electrons. The van der Waals surface area contributed by atoms with Gasteiger partial charge in [0.05, 0.1) is 27.5 Å². The van der Waals surface area contributed by atoms with Crippen molar-refractivity contribution in [1.82, 2.24) is 4.90 Å². The van der Waals surface area contributed by atoms with Crippen molar-refractivity contribution in [2.24, 2.45) is 5.10 Å². The number of carbonyl (C=O) groups is 1. The van der Waals surface area contributed by atoms with Crippen LogP contribution in [0.5, 0.6) is 0 Å². The van der Waals surface area contributed by atoms with Gasteiger partial charge in [0.25, 0.3) is 0 Å². The van der Waals surface area contributed by atoms with Crippen LogP contribution in [0.2, 0.25) is 4.34 Å². The van der Waals surface area contributed by atoms with Crippen molar-refractivity contribution in [3.8, 4) is 0 Å². The van der Waals surface area contributed by atoms with Crippen molar-refractivity contribution in [2.75, 3.05) is 37.0 Å². The summed E-state index contributed by atoms with van der Waals surface area (Å²) >= 11 is 7.12. The predicted octanol–water partition coefficient (Wildman–Crippen LogP) is 3.53. The SMILES string of the molecule is CN1C=NN(c2ccc(NC[C@@H](O)CCC(=O)c3ccc(Cl)s3)cc2)CC1. The van der Waals surface area contributed by atoms with Crippen LogP contribution in [0.1, 0.15) is 22.5 Å². The molecule has 2 heterocycles. The van der Waals surface area contributed by atoms with Crippen molar-refractivity contribution in [3.05, 3.63) is 45.6 Å². The van der Waals surface area contributed by atoms with E-state index in [9.17, 15) is 9.90 Å². The molecule has 6 nitrogen and oxygen atoms in total. The van der Waals surface area contributed by atoms with Crippen molar-refractivity contribution in [2.45, 2.75) is 18.9 Å². The standard InChI is InChI=1S/C19H23ClN4O2S/c1-23-10-11-24(22-13-23)15-4-2-14(3-5-15)21-12-16(25)6-7-17(26)18-8-9-19(20)27-18/h2-5,8-9,13,16,21,25H,6-7,10-12H2,1H3/t16-/m0/s1. The summed E-state index contributed by atoms with van der Waals surface area (Å²) < 4.78 is 0.603. The van der Waals surface area contributed by atoms with Gasteiger partial charge in [-0.3, -0.25) is 9.80 Å². The van der Waals surface area contributed by atoms with Gasteiger partial charge in [-0.05, 0) is 42.8 Å². The first-order valence-electron chi connectivity index (χ1n) is 8.83. The van der Waals surface area contributed by atoms with Crippen LogP contribution in [0.3, 0.4) is 0 Å². The number of rotatable bonds is 8. The number of hydrazone groups is 1. The van der Waals surface area contributed by atoms with E-state index in [1.54, 1.807) is 12.1 Å². The maximum atomic E-state index is 12.0. The van der Waals surface area contributed by atoms with Gasteiger partial charge >= 0.3 is 0 Å².